The van der Waals surface area contributed by atoms with E-state index in [9.17, 15) is 4.39 Å². The molecule has 1 heterocycles. The molecule has 3 rings (SSSR count). The van der Waals surface area contributed by atoms with Gasteiger partial charge >= 0.3 is 0 Å². The highest BCUT2D eigenvalue weighted by molar-refractivity contribution is 6.30. The van der Waals surface area contributed by atoms with Crippen molar-refractivity contribution in [3.63, 3.8) is 0 Å². The van der Waals surface area contributed by atoms with Gasteiger partial charge in [0, 0.05) is 10.6 Å². The van der Waals surface area contributed by atoms with Gasteiger partial charge in [-0.2, -0.15) is 5.10 Å². The van der Waals surface area contributed by atoms with E-state index in [2.05, 4.69) is 10.2 Å². The van der Waals surface area contributed by atoms with Crippen LogP contribution in [-0.2, 0) is 0 Å². The molecule has 0 saturated carbocycles. The molecule has 0 amide bonds. The van der Waals surface area contributed by atoms with Gasteiger partial charge < -0.3 is 5.73 Å². The van der Waals surface area contributed by atoms with Gasteiger partial charge in [0.15, 0.2) is 5.82 Å². The zero-order valence-electron chi connectivity index (χ0n) is 11.3. The van der Waals surface area contributed by atoms with Crippen LogP contribution in [0.3, 0.4) is 0 Å². The summed E-state index contributed by atoms with van der Waals surface area (Å²) in [6.45, 7) is 1.84. The molecule has 21 heavy (non-hydrogen) atoms. The Kier molecular flexibility index (Phi) is 3.39. The zero-order valence-corrected chi connectivity index (χ0v) is 12.1. The van der Waals surface area contributed by atoms with E-state index in [0.717, 1.165) is 11.1 Å². The third-order valence-electron chi connectivity index (χ3n) is 3.30. The van der Waals surface area contributed by atoms with Crippen LogP contribution in [0.15, 0.2) is 42.5 Å². The number of nitrogen functional groups attached to an aromatic ring is 1. The van der Waals surface area contributed by atoms with Gasteiger partial charge in [0.25, 0.3) is 0 Å². The van der Waals surface area contributed by atoms with Crippen molar-refractivity contribution < 1.29 is 4.39 Å². The van der Waals surface area contributed by atoms with Crippen LogP contribution in [0.1, 0.15) is 5.56 Å². The maximum Gasteiger partial charge on any atom is 0.153 e. The van der Waals surface area contributed by atoms with Crippen molar-refractivity contribution in [3.8, 4) is 22.4 Å². The first kappa shape index (κ1) is 13.6. The Morgan fingerprint density at radius 3 is 2.71 bits per heavy atom. The van der Waals surface area contributed by atoms with E-state index in [4.69, 9.17) is 17.3 Å². The summed E-state index contributed by atoms with van der Waals surface area (Å²) in [5, 5.41) is 7.40. The molecular weight excluding hydrogens is 289 g/mol. The largest absolute Gasteiger partial charge is 0.382 e. The molecule has 3 aromatic rings. The Morgan fingerprint density at radius 1 is 1.19 bits per heavy atom. The van der Waals surface area contributed by atoms with Crippen LogP contribution in [0.5, 0.6) is 0 Å². The average molecular weight is 302 g/mol. The van der Waals surface area contributed by atoms with Crippen molar-refractivity contribution in [2.45, 2.75) is 6.92 Å². The predicted octanol–water partition coefficient (Wildman–Crippen LogP) is 4.43. The van der Waals surface area contributed by atoms with Gasteiger partial charge in [-0.25, -0.2) is 4.39 Å². The minimum Gasteiger partial charge on any atom is -0.382 e. The summed E-state index contributed by atoms with van der Waals surface area (Å²) in [4.78, 5) is 0. The molecule has 1 aromatic heterocycles. The molecule has 106 valence electrons. The van der Waals surface area contributed by atoms with Crippen molar-refractivity contribution in [1.82, 2.24) is 10.2 Å². The molecular formula is C16H13ClFN3. The molecule has 0 radical (unpaired) electrons. The summed E-state index contributed by atoms with van der Waals surface area (Å²) in [6, 6.07) is 12.3. The number of halogens is 2. The number of aromatic nitrogens is 2. The number of anilines is 1. The van der Waals surface area contributed by atoms with Crippen molar-refractivity contribution in [3.05, 3.63) is 58.9 Å². The average Bonchev–Trinajstić information content (AvgIpc) is 2.80. The Morgan fingerprint density at radius 2 is 2.00 bits per heavy atom. The van der Waals surface area contributed by atoms with Crippen LogP contribution in [0.4, 0.5) is 10.2 Å². The van der Waals surface area contributed by atoms with E-state index in [1.165, 1.54) is 6.07 Å². The number of H-pyrrole nitrogens is 1. The van der Waals surface area contributed by atoms with Crippen molar-refractivity contribution >= 4 is 17.4 Å². The highest BCUT2D eigenvalue weighted by Crippen LogP contribution is 2.36. The first-order valence-corrected chi connectivity index (χ1v) is 6.80. The minimum atomic E-state index is -0.318. The smallest absolute Gasteiger partial charge is 0.153 e. The van der Waals surface area contributed by atoms with Crippen molar-refractivity contribution in [2.75, 3.05) is 5.73 Å². The summed E-state index contributed by atoms with van der Waals surface area (Å²) in [5.41, 5.74) is 9.21. The van der Waals surface area contributed by atoms with E-state index in [1.807, 2.05) is 25.1 Å². The van der Waals surface area contributed by atoms with Gasteiger partial charge in [-0.15, -0.1) is 0 Å². The number of benzene rings is 2. The lowest BCUT2D eigenvalue weighted by Gasteiger charge is -2.07. The topological polar surface area (TPSA) is 54.7 Å². The first-order chi connectivity index (χ1) is 10.1. The summed E-state index contributed by atoms with van der Waals surface area (Å²) in [7, 11) is 0. The first-order valence-electron chi connectivity index (χ1n) is 6.42. The van der Waals surface area contributed by atoms with Crippen LogP contribution in [0.25, 0.3) is 22.4 Å². The van der Waals surface area contributed by atoms with Crippen molar-refractivity contribution in [2.24, 2.45) is 0 Å². The van der Waals surface area contributed by atoms with E-state index in [1.54, 1.807) is 18.2 Å². The third kappa shape index (κ3) is 2.50. The Hall–Kier alpha value is -2.33. The van der Waals surface area contributed by atoms with E-state index in [0.29, 0.717) is 27.7 Å². The normalized spacial score (nSPS) is 10.8. The Balaban J connectivity index is 2.22. The maximum absolute atomic E-state index is 14.2. The van der Waals surface area contributed by atoms with Crippen LogP contribution < -0.4 is 5.73 Å². The van der Waals surface area contributed by atoms with E-state index in [-0.39, 0.29) is 5.82 Å². The monoisotopic (exact) mass is 301 g/mol. The van der Waals surface area contributed by atoms with Gasteiger partial charge in [-0.3, -0.25) is 5.10 Å². The fourth-order valence-electron chi connectivity index (χ4n) is 2.31. The highest BCUT2D eigenvalue weighted by Gasteiger charge is 2.17. The number of aromatic amines is 1. The molecule has 0 saturated heterocycles. The number of nitrogens with zero attached hydrogens (tertiary/aromatic N) is 1. The number of rotatable bonds is 2. The Bertz CT molecular complexity index is 811. The number of nitrogens with two attached hydrogens (primary N) is 1. The fraction of sp³-hybridized carbons (Fsp3) is 0.0625. The second-order valence-electron chi connectivity index (χ2n) is 4.85. The number of aryl methyl sites for hydroxylation is 1. The molecule has 3 nitrogen and oxygen atoms in total. The SMILES string of the molecule is Cc1ccc(-c2[nH]nc(N)c2-c2cccc(Cl)c2)c(F)c1. The summed E-state index contributed by atoms with van der Waals surface area (Å²) in [5.74, 6) is -0.00540. The highest BCUT2D eigenvalue weighted by atomic mass is 35.5. The van der Waals surface area contributed by atoms with Gasteiger partial charge in [-0.1, -0.05) is 29.8 Å². The van der Waals surface area contributed by atoms with Crippen molar-refractivity contribution in [1.29, 1.82) is 0 Å². The second kappa shape index (κ2) is 5.22. The molecule has 2 aromatic carbocycles. The number of hydrogen-bond acceptors (Lipinski definition) is 2. The van der Waals surface area contributed by atoms with Crippen LogP contribution >= 0.6 is 11.6 Å². The van der Waals surface area contributed by atoms with Crippen LogP contribution in [0, 0.1) is 12.7 Å². The van der Waals surface area contributed by atoms with Gasteiger partial charge in [-0.05, 0) is 42.3 Å². The molecule has 0 bridgehead atoms. The van der Waals surface area contributed by atoms with Gasteiger partial charge in [0.2, 0.25) is 0 Å². The number of nitrogens with one attached hydrogen (secondary N) is 1. The molecule has 0 aliphatic rings. The zero-order chi connectivity index (χ0) is 15.0. The lowest BCUT2D eigenvalue weighted by atomic mass is 10.00. The van der Waals surface area contributed by atoms with Crippen LogP contribution in [0.2, 0.25) is 5.02 Å². The maximum atomic E-state index is 14.2. The molecule has 0 fully saturated rings. The number of hydrogen-bond donors (Lipinski definition) is 2. The van der Waals surface area contributed by atoms with E-state index >= 15 is 0 Å². The molecule has 3 N–H and O–H groups in total. The second-order valence-corrected chi connectivity index (χ2v) is 5.29. The van der Waals surface area contributed by atoms with E-state index < -0.39 is 0 Å². The van der Waals surface area contributed by atoms with Gasteiger partial charge in [0.05, 0.1) is 11.3 Å². The lowest BCUT2D eigenvalue weighted by Crippen LogP contribution is -1.91. The predicted molar refractivity (Wildman–Crippen MR) is 83.6 cm³/mol. The summed E-state index contributed by atoms with van der Waals surface area (Å²) < 4.78 is 14.2. The molecule has 5 heteroatoms. The standard InChI is InChI=1S/C16H13ClFN3/c1-9-5-6-12(13(18)7-9)15-14(16(19)21-20-15)10-3-2-4-11(17)8-10/h2-8H,1H3,(H3,19,20,21). The summed E-state index contributed by atoms with van der Waals surface area (Å²) >= 11 is 6.02. The quantitative estimate of drug-likeness (QED) is 0.736. The molecule has 0 aliphatic carbocycles. The third-order valence-corrected chi connectivity index (χ3v) is 3.54. The molecule has 0 spiro atoms. The fourth-order valence-corrected chi connectivity index (χ4v) is 2.50. The summed E-state index contributed by atoms with van der Waals surface area (Å²) in [6.07, 6.45) is 0. The van der Waals surface area contributed by atoms with Gasteiger partial charge in [0.1, 0.15) is 5.82 Å². The molecule has 0 atom stereocenters. The Labute approximate surface area is 126 Å². The molecule has 0 unspecified atom stereocenters. The lowest BCUT2D eigenvalue weighted by molar-refractivity contribution is 0.629. The van der Waals surface area contributed by atoms with Crippen LogP contribution in [-0.4, -0.2) is 10.2 Å². The minimum absolute atomic E-state index is 0.312. The molecule has 0 aliphatic heterocycles.